The van der Waals surface area contributed by atoms with E-state index in [1.54, 1.807) is 11.6 Å². The minimum absolute atomic E-state index is 0.126. The predicted molar refractivity (Wildman–Crippen MR) is 82.5 cm³/mol. The van der Waals surface area contributed by atoms with Gasteiger partial charge in [-0.15, -0.1) is 11.8 Å². The largest absolute Gasteiger partial charge is 0.507 e. The lowest BCUT2D eigenvalue weighted by molar-refractivity contribution is 0.0491. The number of aromatic nitrogens is 4. The molecule has 0 aliphatic carbocycles. The van der Waals surface area contributed by atoms with Crippen LogP contribution >= 0.6 is 11.8 Å². The van der Waals surface area contributed by atoms with Gasteiger partial charge in [0.25, 0.3) is 5.56 Å². The standard InChI is InChI=1S/C12H15N5O5S/c1-15-9-8(10(18)16(2)11(15)19)17(5-13-9)3-7-14-6(4-23-7)22-12(20)21/h5-7,14H,3-4H2,1-2H3,(H,20,21). The van der Waals surface area contributed by atoms with Crippen LogP contribution in [-0.4, -0.2) is 47.3 Å². The van der Waals surface area contributed by atoms with E-state index in [-0.39, 0.29) is 5.37 Å². The van der Waals surface area contributed by atoms with Crippen LogP contribution in [0, 0.1) is 0 Å². The predicted octanol–water partition coefficient (Wildman–Crippen LogP) is -0.883. The highest BCUT2D eigenvalue weighted by molar-refractivity contribution is 8.00. The molecule has 1 aliphatic heterocycles. The molecule has 124 valence electrons. The number of carboxylic acid groups (broad SMARTS) is 1. The number of nitrogens with one attached hydrogen (secondary N) is 1. The lowest BCUT2D eigenvalue weighted by Crippen LogP contribution is -2.38. The molecule has 0 bridgehead atoms. The molecule has 1 aliphatic rings. The van der Waals surface area contributed by atoms with Crippen molar-refractivity contribution in [2.45, 2.75) is 18.1 Å². The number of rotatable bonds is 3. The Balaban J connectivity index is 1.89. The molecule has 0 aromatic carbocycles. The van der Waals surface area contributed by atoms with Crippen molar-refractivity contribution in [3.8, 4) is 0 Å². The van der Waals surface area contributed by atoms with Gasteiger partial charge in [-0.05, 0) is 0 Å². The molecule has 11 heteroatoms. The molecule has 2 atom stereocenters. The summed E-state index contributed by atoms with van der Waals surface area (Å²) in [6.07, 6.45) is -0.413. The lowest BCUT2D eigenvalue weighted by atomic mass is 10.4. The van der Waals surface area contributed by atoms with Crippen molar-refractivity contribution in [2.24, 2.45) is 14.1 Å². The second kappa shape index (κ2) is 5.74. The van der Waals surface area contributed by atoms with Gasteiger partial charge in [-0.2, -0.15) is 0 Å². The zero-order chi connectivity index (χ0) is 16.7. The third kappa shape index (κ3) is 2.72. The van der Waals surface area contributed by atoms with Crippen molar-refractivity contribution in [3.05, 3.63) is 27.2 Å². The van der Waals surface area contributed by atoms with Gasteiger partial charge in [0.15, 0.2) is 17.4 Å². The van der Waals surface area contributed by atoms with Crippen LogP contribution in [0.1, 0.15) is 0 Å². The Morgan fingerprint density at radius 2 is 2.22 bits per heavy atom. The molecule has 0 saturated carbocycles. The number of ether oxygens (including phenoxy) is 1. The first-order chi connectivity index (χ1) is 10.9. The molecule has 10 nitrogen and oxygen atoms in total. The van der Waals surface area contributed by atoms with Crippen LogP contribution < -0.4 is 16.6 Å². The fourth-order valence-corrected chi connectivity index (χ4v) is 3.60. The van der Waals surface area contributed by atoms with Crippen molar-refractivity contribution >= 4 is 29.1 Å². The average molecular weight is 341 g/mol. The van der Waals surface area contributed by atoms with Gasteiger partial charge in [0, 0.05) is 26.4 Å². The molecule has 2 N–H and O–H groups in total. The summed E-state index contributed by atoms with van der Waals surface area (Å²) < 4.78 is 8.68. The monoisotopic (exact) mass is 341 g/mol. The van der Waals surface area contributed by atoms with E-state index in [0.29, 0.717) is 23.5 Å². The van der Waals surface area contributed by atoms with Gasteiger partial charge in [0.1, 0.15) is 0 Å². The maximum atomic E-state index is 12.3. The van der Waals surface area contributed by atoms with E-state index in [0.717, 1.165) is 4.57 Å². The molecule has 3 rings (SSSR count). The maximum absolute atomic E-state index is 12.3. The van der Waals surface area contributed by atoms with E-state index >= 15 is 0 Å². The summed E-state index contributed by atoms with van der Waals surface area (Å²) in [6, 6.07) is 0. The summed E-state index contributed by atoms with van der Waals surface area (Å²) in [5.41, 5.74) is -0.197. The van der Waals surface area contributed by atoms with E-state index in [2.05, 4.69) is 15.0 Å². The van der Waals surface area contributed by atoms with Crippen LogP contribution in [-0.2, 0) is 25.4 Å². The number of nitrogens with zero attached hydrogens (tertiary/aromatic N) is 4. The highest BCUT2D eigenvalue weighted by atomic mass is 32.2. The normalized spacial score (nSPS) is 21.0. The second-order valence-electron chi connectivity index (χ2n) is 5.14. The number of hydrogen-bond acceptors (Lipinski definition) is 7. The third-order valence-electron chi connectivity index (χ3n) is 3.64. The van der Waals surface area contributed by atoms with Gasteiger partial charge in [-0.25, -0.2) is 14.6 Å². The minimum Gasteiger partial charge on any atom is -0.450 e. The number of imidazole rings is 1. The van der Waals surface area contributed by atoms with Crippen LogP contribution in [0.15, 0.2) is 15.9 Å². The molecule has 23 heavy (non-hydrogen) atoms. The fraction of sp³-hybridized carbons (Fsp3) is 0.500. The van der Waals surface area contributed by atoms with E-state index in [1.165, 1.54) is 29.7 Å². The molecule has 2 aromatic heterocycles. The van der Waals surface area contributed by atoms with Crippen molar-refractivity contribution in [2.75, 3.05) is 5.75 Å². The van der Waals surface area contributed by atoms with Crippen LogP contribution in [0.5, 0.6) is 0 Å². The Bertz CT molecular complexity index is 884. The van der Waals surface area contributed by atoms with Gasteiger partial charge in [0.05, 0.1) is 11.7 Å². The van der Waals surface area contributed by atoms with Crippen LogP contribution in [0.3, 0.4) is 0 Å². The summed E-state index contributed by atoms with van der Waals surface area (Å²) >= 11 is 1.49. The van der Waals surface area contributed by atoms with Gasteiger partial charge in [-0.3, -0.25) is 19.2 Å². The van der Waals surface area contributed by atoms with Gasteiger partial charge in [-0.1, -0.05) is 0 Å². The van der Waals surface area contributed by atoms with Crippen LogP contribution in [0.2, 0.25) is 0 Å². The van der Waals surface area contributed by atoms with Crippen LogP contribution in [0.25, 0.3) is 11.2 Å². The first-order valence-electron chi connectivity index (χ1n) is 6.76. The van der Waals surface area contributed by atoms with Crippen molar-refractivity contribution in [3.63, 3.8) is 0 Å². The molecular formula is C12H15N5O5S. The van der Waals surface area contributed by atoms with Crippen molar-refractivity contribution in [1.29, 1.82) is 0 Å². The minimum atomic E-state index is -1.33. The van der Waals surface area contributed by atoms with E-state index in [9.17, 15) is 14.4 Å². The summed E-state index contributed by atoms with van der Waals surface area (Å²) in [4.78, 5) is 38.9. The van der Waals surface area contributed by atoms with Gasteiger partial charge in [0.2, 0.25) is 0 Å². The Morgan fingerprint density at radius 1 is 1.48 bits per heavy atom. The number of carbonyl (C=O) groups is 1. The molecule has 0 radical (unpaired) electrons. The smallest absolute Gasteiger partial charge is 0.450 e. The highest BCUT2D eigenvalue weighted by Crippen LogP contribution is 2.21. The first-order valence-corrected chi connectivity index (χ1v) is 7.81. The van der Waals surface area contributed by atoms with Gasteiger partial charge >= 0.3 is 11.8 Å². The Labute approximate surface area is 133 Å². The molecule has 0 amide bonds. The SMILES string of the molecule is Cn1c(=O)c2c(ncn2CC2NC(OC(=O)O)CS2)n(C)c1=O. The number of aryl methyl sites for hydroxylation is 1. The molecule has 3 heterocycles. The van der Waals surface area contributed by atoms with E-state index in [1.807, 2.05) is 0 Å². The molecular weight excluding hydrogens is 326 g/mol. The Morgan fingerprint density at radius 3 is 2.91 bits per heavy atom. The highest BCUT2D eigenvalue weighted by Gasteiger charge is 2.28. The Kier molecular flexibility index (Phi) is 3.90. The summed E-state index contributed by atoms with van der Waals surface area (Å²) in [5.74, 6) is 0.486. The van der Waals surface area contributed by atoms with Gasteiger partial charge < -0.3 is 14.4 Å². The molecule has 0 spiro atoms. The third-order valence-corrected chi connectivity index (χ3v) is 4.83. The van der Waals surface area contributed by atoms with E-state index < -0.39 is 23.6 Å². The quantitative estimate of drug-likeness (QED) is 0.690. The number of fused-ring (bicyclic) bond motifs is 1. The number of hydrogen-bond donors (Lipinski definition) is 2. The van der Waals surface area contributed by atoms with Crippen molar-refractivity contribution < 1.29 is 14.6 Å². The second-order valence-corrected chi connectivity index (χ2v) is 6.37. The number of thioether (sulfide) groups is 1. The first kappa shape index (κ1) is 15.6. The lowest BCUT2D eigenvalue weighted by Gasteiger charge is -2.13. The van der Waals surface area contributed by atoms with Crippen LogP contribution in [0.4, 0.5) is 4.79 Å². The molecule has 2 aromatic rings. The maximum Gasteiger partial charge on any atom is 0.507 e. The summed E-state index contributed by atoms with van der Waals surface area (Å²) in [7, 11) is 2.97. The van der Waals surface area contributed by atoms with E-state index in [4.69, 9.17) is 5.11 Å². The summed E-state index contributed by atoms with van der Waals surface area (Å²) in [5, 5.41) is 11.5. The molecule has 1 fully saturated rings. The summed E-state index contributed by atoms with van der Waals surface area (Å²) in [6.45, 7) is 0.397. The van der Waals surface area contributed by atoms with Crippen molar-refractivity contribution in [1.82, 2.24) is 24.0 Å². The molecule has 2 unspecified atom stereocenters. The zero-order valence-corrected chi connectivity index (χ0v) is 13.2. The average Bonchev–Trinajstić information content (AvgIpc) is 3.10. The topological polar surface area (TPSA) is 120 Å². The molecule has 1 saturated heterocycles. The Hall–Kier alpha value is -2.27. The fourth-order valence-electron chi connectivity index (χ4n) is 2.52. The zero-order valence-electron chi connectivity index (χ0n) is 12.4.